The molecule has 0 unspecified atom stereocenters. The van der Waals surface area contributed by atoms with E-state index in [1.54, 1.807) is 0 Å². The van der Waals surface area contributed by atoms with Crippen molar-refractivity contribution in [1.82, 2.24) is 14.7 Å². The number of likely N-dealkylation sites (tertiary alicyclic amines) is 1. The highest BCUT2D eigenvalue weighted by atomic mass is 32.2. The van der Waals surface area contributed by atoms with E-state index in [-0.39, 0.29) is 12.0 Å². The molecule has 34 heavy (non-hydrogen) atoms. The average Bonchev–Trinajstić information content (AvgIpc) is 3.44. The zero-order valence-corrected chi connectivity index (χ0v) is 20.3. The number of para-hydroxylation sites is 1. The van der Waals surface area contributed by atoms with Crippen LogP contribution < -0.4 is 4.74 Å². The summed E-state index contributed by atoms with van der Waals surface area (Å²) in [6.07, 6.45) is 7.56. The van der Waals surface area contributed by atoms with Crippen LogP contribution in [-0.4, -0.2) is 44.9 Å². The van der Waals surface area contributed by atoms with Crippen molar-refractivity contribution in [3.63, 3.8) is 0 Å². The summed E-state index contributed by atoms with van der Waals surface area (Å²) >= 11 is 1.47. The number of aromatic nitrogens is 2. The fraction of sp³-hybridized carbons (Fsp3) is 0.296. The third-order valence-corrected chi connectivity index (χ3v) is 6.83. The van der Waals surface area contributed by atoms with Gasteiger partial charge in [-0.3, -0.25) is 4.79 Å². The Bertz CT molecular complexity index is 1220. The first-order valence-electron chi connectivity index (χ1n) is 11.8. The predicted octanol–water partition coefficient (Wildman–Crippen LogP) is 5.78. The summed E-state index contributed by atoms with van der Waals surface area (Å²) < 4.78 is 7.65. The maximum atomic E-state index is 12.8. The Kier molecular flexibility index (Phi) is 6.54. The Balaban J connectivity index is 1.48. The van der Waals surface area contributed by atoms with Gasteiger partial charge >= 0.3 is 0 Å². The number of nitrogens with zero attached hydrogens (tertiary/aromatic N) is 4. The van der Waals surface area contributed by atoms with Gasteiger partial charge in [0.15, 0.2) is 5.17 Å². The van der Waals surface area contributed by atoms with E-state index in [0.717, 1.165) is 59.4 Å². The van der Waals surface area contributed by atoms with Gasteiger partial charge in [0, 0.05) is 30.4 Å². The number of carbonyl (C=O) groups is 1. The molecule has 0 atom stereocenters. The lowest BCUT2D eigenvalue weighted by atomic mass is 10.1. The number of benzene rings is 2. The summed E-state index contributed by atoms with van der Waals surface area (Å²) in [5.74, 6) is 0.645. The molecule has 1 amide bonds. The summed E-state index contributed by atoms with van der Waals surface area (Å²) in [6, 6.07) is 17.9. The van der Waals surface area contributed by atoms with E-state index in [0.29, 0.717) is 4.91 Å². The van der Waals surface area contributed by atoms with Gasteiger partial charge in [-0.1, -0.05) is 18.2 Å². The van der Waals surface area contributed by atoms with Gasteiger partial charge in [-0.15, -0.1) is 0 Å². The third-order valence-electron chi connectivity index (χ3n) is 5.79. The molecule has 0 radical (unpaired) electrons. The second-order valence-electron chi connectivity index (χ2n) is 8.76. The zero-order valence-electron chi connectivity index (χ0n) is 19.5. The van der Waals surface area contributed by atoms with E-state index >= 15 is 0 Å². The molecule has 1 aromatic heterocycles. The van der Waals surface area contributed by atoms with Gasteiger partial charge in [0.25, 0.3) is 5.91 Å². The topological polar surface area (TPSA) is 59.7 Å². The van der Waals surface area contributed by atoms with Gasteiger partial charge in [-0.25, -0.2) is 4.68 Å². The number of amidine groups is 1. The highest BCUT2D eigenvalue weighted by Crippen LogP contribution is 2.34. The number of thioether (sulfide) groups is 1. The lowest BCUT2D eigenvalue weighted by Crippen LogP contribution is -2.33. The summed E-state index contributed by atoms with van der Waals surface area (Å²) in [6.45, 7) is 5.95. The predicted molar refractivity (Wildman–Crippen MR) is 138 cm³/mol. The molecule has 1 fully saturated rings. The van der Waals surface area contributed by atoms with Crippen LogP contribution in [0, 0.1) is 0 Å². The second kappa shape index (κ2) is 9.89. The summed E-state index contributed by atoms with van der Waals surface area (Å²) in [7, 11) is 0. The first-order chi connectivity index (χ1) is 16.6. The maximum Gasteiger partial charge on any atom is 0.286 e. The smallest absolute Gasteiger partial charge is 0.286 e. The first-order valence-corrected chi connectivity index (χ1v) is 12.6. The number of aliphatic imine (C=N–C) groups is 1. The standard InChI is InChI=1S/C27H28N4O2S/c1-19(2)33-23-13-11-20(12-14-23)25-21(18-31(29-25)22-9-5-3-6-10-22)17-24-26(32)28-27(34-24)30-15-7-4-8-16-30/h3,5-6,9-14,17-19H,4,7-8,15-16H2,1-2H3. The average molecular weight is 473 g/mol. The van der Waals surface area contributed by atoms with Crippen LogP contribution in [0.5, 0.6) is 5.75 Å². The molecule has 2 aromatic carbocycles. The van der Waals surface area contributed by atoms with Crippen molar-refractivity contribution < 1.29 is 9.53 Å². The van der Waals surface area contributed by atoms with E-state index in [1.807, 2.05) is 85.4 Å². The molecule has 2 aliphatic heterocycles. The largest absolute Gasteiger partial charge is 0.491 e. The van der Waals surface area contributed by atoms with Crippen molar-refractivity contribution >= 4 is 28.9 Å². The number of hydrogen-bond donors (Lipinski definition) is 0. The Labute approximate surface area is 204 Å². The molecule has 0 aliphatic carbocycles. The summed E-state index contributed by atoms with van der Waals surface area (Å²) in [5.41, 5.74) is 3.62. The van der Waals surface area contributed by atoms with Crippen LogP contribution >= 0.6 is 11.8 Å². The van der Waals surface area contributed by atoms with Crippen molar-refractivity contribution in [2.24, 2.45) is 4.99 Å². The number of amides is 1. The van der Waals surface area contributed by atoms with Gasteiger partial charge in [-0.2, -0.15) is 10.1 Å². The van der Waals surface area contributed by atoms with E-state index < -0.39 is 0 Å². The third kappa shape index (κ3) is 4.94. The number of hydrogen-bond acceptors (Lipinski definition) is 5. The molecule has 3 aromatic rings. The minimum Gasteiger partial charge on any atom is -0.491 e. The minimum atomic E-state index is -0.176. The molecular weight excluding hydrogens is 444 g/mol. The minimum absolute atomic E-state index is 0.114. The van der Waals surface area contributed by atoms with Gasteiger partial charge < -0.3 is 9.64 Å². The number of rotatable bonds is 5. The Hall–Kier alpha value is -3.32. The Morgan fingerprint density at radius 1 is 1.00 bits per heavy atom. The summed E-state index contributed by atoms with van der Waals surface area (Å²) in [5, 5.41) is 5.70. The highest BCUT2D eigenvalue weighted by Gasteiger charge is 2.27. The molecule has 1 saturated heterocycles. The van der Waals surface area contributed by atoms with E-state index in [4.69, 9.17) is 9.84 Å². The van der Waals surface area contributed by atoms with Crippen LogP contribution in [0.3, 0.4) is 0 Å². The van der Waals surface area contributed by atoms with Crippen LogP contribution in [0.15, 0.2) is 70.7 Å². The maximum absolute atomic E-state index is 12.8. The van der Waals surface area contributed by atoms with Crippen LogP contribution in [0.25, 0.3) is 23.0 Å². The van der Waals surface area contributed by atoms with Crippen molar-refractivity contribution in [2.45, 2.75) is 39.2 Å². The number of ether oxygens (including phenoxy) is 1. The highest BCUT2D eigenvalue weighted by molar-refractivity contribution is 8.18. The van der Waals surface area contributed by atoms with Gasteiger partial charge in [0.1, 0.15) is 5.75 Å². The fourth-order valence-corrected chi connectivity index (χ4v) is 5.11. The molecule has 0 N–H and O–H groups in total. The van der Waals surface area contributed by atoms with Crippen molar-refractivity contribution in [1.29, 1.82) is 0 Å². The first kappa shape index (κ1) is 22.5. The van der Waals surface area contributed by atoms with Crippen LogP contribution in [0.2, 0.25) is 0 Å². The zero-order chi connectivity index (χ0) is 23.5. The van der Waals surface area contributed by atoms with E-state index in [1.165, 1.54) is 18.2 Å². The Morgan fingerprint density at radius 3 is 2.44 bits per heavy atom. The SMILES string of the molecule is CC(C)Oc1ccc(-c2nn(-c3ccccc3)cc2C=C2SC(N3CCCCC3)=NC2=O)cc1. The molecule has 5 rings (SSSR count). The molecule has 7 heteroatoms. The number of piperidine rings is 1. The molecule has 0 spiro atoms. The van der Waals surface area contributed by atoms with Crippen molar-refractivity contribution in [2.75, 3.05) is 13.1 Å². The van der Waals surface area contributed by atoms with Gasteiger partial charge in [0.2, 0.25) is 0 Å². The normalized spacial score (nSPS) is 17.5. The van der Waals surface area contributed by atoms with Gasteiger partial charge in [0.05, 0.1) is 22.4 Å². The molecule has 174 valence electrons. The van der Waals surface area contributed by atoms with Crippen molar-refractivity contribution in [3.05, 3.63) is 71.3 Å². The molecule has 2 aliphatic rings. The molecule has 6 nitrogen and oxygen atoms in total. The van der Waals surface area contributed by atoms with E-state index in [9.17, 15) is 4.79 Å². The Morgan fingerprint density at radius 2 is 1.74 bits per heavy atom. The number of carbonyl (C=O) groups excluding carboxylic acids is 1. The monoisotopic (exact) mass is 472 g/mol. The molecule has 0 bridgehead atoms. The lowest BCUT2D eigenvalue weighted by molar-refractivity contribution is -0.113. The van der Waals surface area contributed by atoms with Crippen LogP contribution in [-0.2, 0) is 4.79 Å². The summed E-state index contributed by atoms with van der Waals surface area (Å²) in [4.78, 5) is 20.0. The van der Waals surface area contributed by atoms with E-state index in [2.05, 4.69) is 9.89 Å². The van der Waals surface area contributed by atoms with Crippen LogP contribution in [0.1, 0.15) is 38.7 Å². The second-order valence-corrected chi connectivity index (χ2v) is 9.77. The van der Waals surface area contributed by atoms with Crippen LogP contribution in [0.4, 0.5) is 0 Å². The lowest BCUT2D eigenvalue weighted by Gasteiger charge is -2.27. The quantitative estimate of drug-likeness (QED) is 0.440. The molecule has 0 saturated carbocycles. The fourth-order valence-electron chi connectivity index (χ4n) is 4.15. The molecular formula is C27H28N4O2S. The van der Waals surface area contributed by atoms with Gasteiger partial charge in [-0.05, 0) is 87.3 Å². The van der Waals surface area contributed by atoms with Crippen molar-refractivity contribution in [3.8, 4) is 22.7 Å². The molecule has 3 heterocycles.